The molecular formula is C14H20N2O3. The van der Waals surface area contributed by atoms with Gasteiger partial charge in [-0.25, -0.2) is 0 Å². The summed E-state index contributed by atoms with van der Waals surface area (Å²) in [5.74, 6) is 0.342. The number of ketones is 1. The van der Waals surface area contributed by atoms with Gasteiger partial charge in [0.1, 0.15) is 0 Å². The maximum Gasteiger partial charge on any atom is 0.270 e. The van der Waals surface area contributed by atoms with Crippen LogP contribution >= 0.6 is 0 Å². The summed E-state index contributed by atoms with van der Waals surface area (Å²) < 4.78 is 0. The van der Waals surface area contributed by atoms with Crippen molar-refractivity contribution in [3.8, 4) is 0 Å². The van der Waals surface area contributed by atoms with Gasteiger partial charge in [0.05, 0.1) is 4.92 Å². The fourth-order valence-corrected chi connectivity index (χ4v) is 1.95. The molecule has 0 aliphatic rings. The van der Waals surface area contributed by atoms with Crippen molar-refractivity contribution in [2.45, 2.75) is 27.2 Å². The van der Waals surface area contributed by atoms with Crippen LogP contribution in [0.1, 0.15) is 37.6 Å². The molecule has 0 heterocycles. The van der Waals surface area contributed by atoms with Gasteiger partial charge in [0, 0.05) is 37.0 Å². The number of nitro benzene ring substituents is 1. The standard InChI is InChI=1S/C14H20N2O3/c1-5-10(2)9-15(4)14-7-6-12(16(18)19)8-13(14)11(3)17/h6-8,10H,5,9H2,1-4H3. The molecule has 5 nitrogen and oxygen atoms in total. The first-order valence-electron chi connectivity index (χ1n) is 6.37. The molecule has 104 valence electrons. The van der Waals surface area contributed by atoms with E-state index in [0.29, 0.717) is 11.5 Å². The van der Waals surface area contributed by atoms with Crippen LogP contribution in [0.4, 0.5) is 11.4 Å². The normalized spacial score (nSPS) is 12.0. The Bertz CT molecular complexity index is 486. The summed E-state index contributed by atoms with van der Waals surface area (Å²) in [4.78, 5) is 23.9. The molecule has 0 aliphatic heterocycles. The molecule has 0 radical (unpaired) electrons. The fourth-order valence-electron chi connectivity index (χ4n) is 1.95. The summed E-state index contributed by atoms with van der Waals surface area (Å²) in [5.41, 5.74) is 1.10. The Morgan fingerprint density at radius 3 is 2.58 bits per heavy atom. The number of Topliss-reactive ketones (excluding diaryl/α,β-unsaturated/α-hetero) is 1. The quantitative estimate of drug-likeness (QED) is 0.449. The van der Waals surface area contributed by atoms with Crippen LogP contribution in [0.15, 0.2) is 18.2 Å². The number of nitrogens with zero attached hydrogens (tertiary/aromatic N) is 2. The first-order chi connectivity index (χ1) is 8.86. The van der Waals surface area contributed by atoms with Crippen LogP contribution in [0.3, 0.4) is 0 Å². The van der Waals surface area contributed by atoms with Crippen LogP contribution in [-0.4, -0.2) is 24.3 Å². The Kier molecular flexibility index (Phi) is 5.03. The molecule has 19 heavy (non-hydrogen) atoms. The maximum atomic E-state index is 11.7. The molecule has 0 spiro atoms. The number of rotatable bonds is 6. The minimum Gasteiger partial charge on any atom is -0.374 e. The van der Waals surface area contributed by atoms with Crippen molar-refractivity contribution in [2.75, 3.05) is 18.5 Å². The Morgan fingerprint density at radius 1 is 1.47 bits per heavy atom. The summed E-state index contributed by atoms with van der Waals surface area (Å²) in [6.07, 6.45) is 1.05. The van der Waals surface area contributed by atoms with Crippen LogP contribution in [0.5, 0.6) is 0 Å². The van der Waals surface area contributed by atoms with E-state index in [0.717, 1.165) is 18.7 Å². The monoisotopic (exact) mass is 264 g/mol. The maximum absolute atomic E-state index is 11.7. The van der Waals surface area contributed by atoms with Crippen LogP contribution in [0.25, 0.3) is 0 Å². The highest BCUT2D eigenvalue weighted by Crippen LogP contribution is 2.26. The zero-order valence-electron chi connectivity index (χ0n) is 11.8. The van der Waals surface area contributed by atoms with Crippen molar-refractivity contribution in [3.05, 3.63) is 33.9 Å². The van der Waals surface area contributed by atoms with Crippen molar-refractivity contribution in [1.82, 2.24) is 0 Å². The van der Waals surface area contributed by atoms with Gasteiger partial charge in [-0.05, 0) is 18.9 Å². The predicted octanol–water partition coefficient (Wildman–Crippen LogP) is 3.28. The van der Waals surface area contributed by atoms with E-state index in [4.69, 9.17) is 0 Å². The topological polar surface area (TPSA) is 63.4 Å². The molecule has 0 bridgehead atoms. The Hall–Kier alpha value is -1.91. The van der Waals surface area contributed by atoms with E-state index in [9.17, 15) is 14.9 Å². The number of non-ortho nitro benzene ring substituents is 1. The lowest BCUT2D eigenvalue weighted by molar-refractivity contribution is -0.384. The fraction of sp³-hybridized carbons (Fsp3) is 0.500. The van der Waals surface area contributed by atoms with Crippen molar-refractivity contribution >= 4 is 17.2 Å². The first-order valence-corrected chi connectivity index (χ1v) is 6.37. The molecule has 0 amide bonds. The van der Waals surface area contributed by atoms with E-state index in [1.165, 1.54) is 19.1 Å². The molecule has 1 rings (SSSR count). The molecule has 1 atom stereocenters. The second-order valence-corrected chi connectivity index (χ2v) is 4.91. The Labute approximate surface area is 113 Å². The summed E-state index contributed by atoms with van der Waals surface area (Å²) in [5, 5.41) is 10.8. The van der Waals surface area contributed by atoms with Gasteiger partial charge in [-0.2, -0.15) is 0 Å². The van der Waals surface area contributed by atoms with Gasteiger partial charge in [-0.3, -0.25) is 14.9 Å². The van der Waals surface area contributed by atoms with E-state index in [2.05, 4.69) is 13.8 Å². The molecule has 1 aromatic rings. The molecule has 0 fully saturated rings. The molecule has 1 aromatic carbocycles. The third-order valence-electron chi connectivity index (χ3n) is 3.26. The Morgan fingerprint density at radius 2 is 2.11 bits per heavy atom. The summed E-state index contributed by atoms with van der Waals surface area (Å²) in [7, 11) is 1.90. The van der Waals surface area contributed by atoms with Gasteiger partial charge in [-0.1, -0.05) is 20.3 Å². The molecule has 0 N–H and O–H groups in total. The molecule has 0 aliphatic carbocycles. The average Bonchev–Trinajstić information content (AvgIpc) is 2.37. The van der Waals surface area contributed by atoms with Gasteiger partial charge in [-0.15, -0.1) is 0 Å². The van der Waals surface area contributed by atoms with Crippen molar-refractivity contribution in [2.24, 2.45) is 5.92 Å². The number of benzene rings is 1. The summed E-state index contributed by atoms with van der Waals surface area (Å²) in [6.45, 7) is 6.49. The zero-order valence-corrected chi connectivity index (χ0v) is 11.8. The Balaban J connectivity index is 3.12. The van der Waals surface area contributed by atoms with E-state index in [1.54, 1.807) is 6.07 Å². The van der Waals surface area contributed by atoms with Gasteiger partial charge in [0.25, 0.3) is 5.69 Å². The van der Waals surface area contributed by atoms with Crippen molar-refractivity contribution < 1.29 is 9.72 Å². The third kappa shape index (κ3) is 3.77. The highest BCUT2D eigenvalue weighted by Gasteiger charge is 2.17. The summed E-state index contributed by atoms with van der Waals surface area (Å²) >= 11 is 0. The predicted molar refractivity (Wildman–Crippen MR) is 75.8 cm³/mol. The van der Waals surface area contributed by atoms with Crippen molar-refractivity contribution in [3.63, 3.8) is 0 Å². The molecule has 0 saturated heterocycles. The number of hydrogen-bond acceptors (Lipinski definition) is 4. The number of carbonyl (C=O) groups is 1. The first kappa shape index (κ1) is 15.1. The van der Waals surface area contributed by atoms with Crippen LogP contribution < -0.4 is 4.90 Å². The van der Waals surface area contributed by atoms with Crippen LogP contribution in [0, 0.1) is 16.0 Å². The lowest BCUT2D eigenvalue weighted by Gasteiger charge is -2.24. The lowest BCUT2D eigenvalue weighted by atomic mass is 10.0. The minimum atomic E-state index is -0.481. The van der Waals surface area contributed by atoms with E-state index in [-0.39, 0.29) is 11.5 Å². The van der Waals surface area contributed by atoms with Gasteiger partial charge >= 0.3 is 0 Å². The smallest absolute Gasteiger partial charge is 0.270 e. The number of nitro groups is 1. The van der Waals surface area contributed by atoms with Gasteiger partial charge < -0.3 is 4.90 Å². The lowest BCUT2D eigenvalue weighted by Crippen LogP contribution is -2.25. The van der Waals surface area contributed by atoms with Crippen LogP contribution in [-0.2, 0) is 0 Å². The second kappa shape index (κ2) is 6.31. The van der Waals surface area contributed by atoms with E-state index in [1.807, 2.05) is 11.9 Å². The molecule has 0 aromatic heterocycles. The third-order valence-corrected chi connectivity index (χ3v) is 3.26. The molecular weight excluding hydrogens is 244 g/mol. The zero-order chi connectivity index (χ0) is 14.6. The molecule has 1 unspecified atom stereocenters. The highest BCUT2D eigenvalue weighted by molar-refractivity contribution is 6.00. The highest BCUT2D eigenvalue weighted by atomic mass is 16.6. The number of hydrogen-bond donors (Lipinski definition) is 0. The SMILES string of the molecule is CCC(C)CN(C)c1ccc([N+](=O)[O-])cc1C(C)=O. The largest absolute Gasteiger partial charge is 0.374 e. The van der Waals surface area contributed by atoms with E-state index >= 15 is 0 Å². The number of carbonyl (C=O) groups excluding carboxylic acids is 1. The number of anilines is 1. The summed E-state index contributed by atoms with van der Waals surface area (Å²) in [6, 6.07) is 4.44. The van der Waals surface area contributed by atoms with E-state index < -0.39 is 4.92 Å². The minimum absolute atomic E-state index is 0.0501. The second-order valence-electron chi connectivity index (χ2n) is 4.91. The average molecular weight is 264 g/mol. The van der Waals surface area contributed by atoms with Gasteiger partial charge in [0.2, 0.25) is 0 Å². The van der Waals surface area contributed by atoms with Crippen LogP contribution in [0.2, 0.25) is 0 Å². The molecule has 5 heteroatoms. The van der Waals surface area contributed by atoms with Gasteiger partial charge in [0.15, 0.2) is 5.78 Å². The molecule has 0 saturated carbocycles. The van der Waals surface area contributed by atoms with Crippen molar-refractivity contribution in [1.29, 1.82) is 0 Å².